The summed E-state index contributed by atoms with van der Waals surface area (Å²) in [7, 11) is 0. The average Bonchev–Trinajstić information content (AvgIpc) is 3.57. The maximum absolute atomic E-state index is 2.41. The second-order valence-corrected chi connectivity index (χ2v) is 13.4. The van der Waals surface area contributed by atoms with Crippen molar-refractivity contribution in [2.75, 3.05) is 4.90 Å². The fourth-order valence-electron chi connectivity index (χ4n) is 7.84. The maximum Gasteiger partial charge on any atom is 0.0547 e. The highest BCUT2D eigenvalue weighted by molar-refractivity contribution is 6.24. The van der Waals surface area contributed by atoms with E-state index in [2.05, 4.69) is 216 Å². The lowest BCUT2D eigenvalue weighted by molar-refractivity contribution is 1.18. The first-order valence-corrected chi connectivity index (χ1v) is 17.8. The summed E-state index contributed by atoms with van der Waals surface area (Å²) in [6, 6.07) is 74.5. The zero-order valence-corrected chi connectivity index (χ0v) is 28.5. The molecule has 10 aromatic rings. The van der Waals surface area contributed by atoms with Gasteiger partial charge in [0, 0.05) is 33.5 Å². The van der Waals surface area contributed by atoms with E-state index >= 15 is 0 Å². The molecule has 0 amide bonds. The molecule has 0 saturated carbocycles. The molecule has 0 saturated heterocycles. The molecule has 0 radical (unpaired) electrons. The summed E-state index contributed by atoms with van der Waals surface area (Å²) >= 11 is 0. The minimum Gasteiger partial charge on any atom is -0.310 e. The zero-order chi connectivity index (χ0) is 34.4. The van der Waals surface area contributed by atoms with Gasteiger partial charge in [-0.05, 0) is 105 Å². The molecular formula is C50H34N2. The van der Waals surface area contributed by atoms with Gasteiger partial charge >= 0.3 is 0 Å². The number of rotatable bonds is 7. The monoisotopic (exact) mass is 662 g/mol. The van der Waals surface area contributed by atoms with E-state index in [1.165, 1.54) is 66.0 Å². The summed E-state index contributed by atoms with van der Waals surface area (Å²) in [6.07, 6.45) is 0. The molecule has 10 rings (SSSR count). The third-order valence-corrected chi connectivity index (χ3v) is 10.4. The number of anilines is 3. The standard InChI is InChI=1S/C50H34N2/c1-3-10-35(11-4-1)37-22-28-43(29-23-37)51(44-30-24-38(25-31-44)36-12-5-2-6-13-36)46-17-7-16-42(34-46)39-26-32-45(33-27-39)52-47-18-8-14-40-20-21-41-15-9-19-48(52)50(41)49(40)47/h1-34H. The van der Waals surface area contributed by atoms with Gasteiger partial charge in [0.05, 0.1) is 11.0 Å². The molecule has 2 nitrogen and oxygen atoms in total. The molecule has 0 spiro atoms. The summed E-state index contributed by atoms with van der Waals surface area (Å²) in [5.41, 5.74) is 14.1. The molecule has 0 bridgehead atoms. The van der Waals surface area contributed by atoms with E-state index in [1.807, 2.05) is 0 Å². The van der Waals surface area contributed by atoms with Crippen molar-refractivity contribution in [2.24, 2.45) is 0 Å². The Morgan fingerprint density at radius 1 is 0.288 bits per heavy atom. The highest BCUT2D eigenvalue weighted by atomic mass is 15.1. The molecule has 0 aliphatic heterocycles. The molecule has 0 unspecified atom stereocenters. The molecule has 52 heavy (non-hydrogen) atoms. The number of hydrogen-bond acceptors (Lipinski definition) is 1. The van der Waals surface area contributed by atoms with Crippen LogP contribution in [0.15, 0.2) is 206 Å². The lowest BCUT2D eigenvalue weighted by Crippen LogP contribution is -2.10. The van der Waals surface area contributed by atoms with Gasteiger partial charge in [0.2, 0.25) is 0 Å². The van der Waals surface area contributed by atoms with E-state index < -0.39 is 0 Å². The second-order valence-electron chi connectivity index (χ2n) is 13.4. The highest BCUT2D eigenvalue weighted by Gasteiger charge is 2.17. The van der Waals surface area contributed by atoms with Gasteiger partial charge in [-0.2, -0.15) is 0 Å². The van der Waals surface area contributed by atoms with Crippen LogP contribution in [0.5, 0.6) is 0 Å². The number of benzene rings is 9. The molecular weight excluding hydrogens is 629 g/mol. The third kappa shape index (κ3) is 5.12. The Bertz CT molecular complexity index is 2650. The molecule has 1 heterocycles. The summed E-state index contributed by atoms with van der Waals surface area (Å²) < 4.78 is 2.41. The van der Waals surface area contributed by atoms with Crippen LogP contribution in [0.4, 0.5) is 17.1 Å². The van der Waals surface area contributed by atoms with Crippen LogP contribution in [0.1, 0.15) is 0 Å². The number of aromatic nitrogens is 1. The van der Waals surface area contributed by atoms with Crippen molar-refractivity contribution in [2.45, 2.75) is 0 Å². The van der Waals surface area contributed by atoms with Gasteiger partial charge in [-0.15, -0.1) is 0 Å². The summed E-state index contributed by atoms with van der Waals surface area (Å²) in [5.74, 6) is 0. The molecule has 0 N–H and O–H groups in total. The van der Waals surface area contributed by atoms with Gasteiger partial charge < -0.3 is 9.47 Å². The van der Waals surface area contributed by atoms with Gasteiger partial charge in [-0.25, -0.2) is 0 Å². The molecule has 244 valence electrons. The first-order chi connectivity index (χ1) is 25.8. The molecule has 0 fully saturated rings. The lowest BCUT2D eigenvalue weighted by Gasteiger charge is -2.26. The van der Waals surface area contributed by atoms with E-state index in [9.17, 15) is 0 Å². The summed E-state index contributed by atoms with van der Waals surface area (Å²) in [5, 5.41) is 5.23. The van der Waals surface area contributed by atoms with Crippen LogP contribution >= 0.6 is 0 Å². The van der Waals surface area contributed by atoms with E-state index in [4.69, 9.17) is 0 Å². The first kappa shape index (κ1) is 30.0. The second kappa shape index (κ2) is 12.5. The van der Waals surface area contributed by atoms with Crippen LogP contribution < -0.4 is 4.90 Å². The van der Waals surface area contributed by atoms with Crippen LogP contribution in [-0.2, 0) is 0 Å². The normalized spacial score (nSPS) is 11.5. The quantitative estimate of drug-likeness (QED) is 0.154. The van der Waals surface area contributed by atoms with Crippen LogP contribution in [0.25, 0.3) is 71.6 Å². The number of hydrogen-bond donors (Lipinski definition) is 0. The SMILES string of the molecule is c1ccc(-c2ccc(N(c3ccc(-c4ccccc4)cc3)c3cccc(-c4ccc(-n5c6cccc7ccc8cccc5c8c76)cc4)c3)cc2)cc1. The van der Waals surface area contributed by atoms with Crippen molar-refractivity contribution in [3.63, 3.8) is 0 Å². The maximum atomic E-state index is 2.41. The van der Waals surface area contributed by atoms with Crippen molar-refractivity contribution >= 4 is 49.6 Å². The van der Waals surface area contributed by atoms with Crippen LogP contribution in [0.2, 0.25) is 0 Å². The minimum atomic E-state index is 1.11. The van der Waals surface area contributed by atoms with Gasteiger partial charge in [0.1, 0.15) is 0 Å². The van der Waals surface area contributed by atoms with Gasteiger partial charge in [-0.3, -0.25) is 0 Å². The molecule has 1 aromatic heterocycles. The molecule has 0 atom stereocenters. The summed E-state index contributed by atoms with van der Waals surface area (Å²) in [6.45, 7) is 0. The zero-order valence-electron chi connectivity index (χ0n) is 28.5. The van der Waals surface area contributed by atoms with Crippen molar-refractivity contribution in [1.82, 2.24) is 4.57 Å². The predicted molar refractivity (Wildman–Crippen MR) is 220 cm³/mol. The van der Waals surface area contributed by atoms with E-state index in [0.717, 1.165) is 22.7 Å². The number of nitrogens with zero attached hydrogens (tertiary/aromatic N) is 2. The smallest absolute Gasteiger partial charge is 0.0547 e. The Morgan fingerprint density at radius 3 is 1.23 bits per heavy atom. The van der Waals surface area contributed by atoms with E-state index in [1.54, 1.807) is 0 Å². The Morgan fingerprint density at radius 2 is 0.712 bits per heavy atom. The highest BCUT2D eigenvalue weighted by Crippen LogP contribution is 2.41. The Balaban J connectivity index is 1.04. The predicted octanol–water partition coefficient (Wildman–Crippen LogP) is 13.8. The molecule has 0 aliphatic rings. The fraction of sp³-hybridized carbons (Fsp3) is 0. The largest absolute Gasteiger partial charge is 0.310 e. The van der Waals surface area contributed by atoms with Crippen molar-refractivity contribution in [3.8, 4) is 39.1 Å². The lowest BCUT2D eigenvalue weighted by atomic mass is 10.0. The van der Waals surface area contributed by atoms with E-state index in [-0.39, 0.29) is 0 Å². The summed E-state index contributed by atoms with van der Waals surface area (Å²) in [4.78, 5) is 2.35. The molecule has 2 heteroatoms. The van der Waals surface area contributed by atoms with Crippen molar-refractivity contribution in [3.05, 3.63) is 206 Å². The van der Waals surface area contributed by atoms with Crippen LogP contribution in [-0.4, -0.2) is 4.57 Å². The average molecular weight is 663 g/mol. The van der Waals surface area contributed by atoms with Gasteiger partial charge in [0.15, 0.2) is 0 Å². The van der Waals surface area contributed by atoms with Crippen LogP contribution in [0.3, 0.4) is 0 Å². The Kier molecular flexibility index (Phi) is 7.18. The van der Waals surface area contributed by atoms with E-state index in [0.29, 0.717) is 0 Å². The molecule has 0 aliphatic carbocycles. The van der Waals surface area contributed by atoms with Crippen molar-refractivity contribution < 1.29 is 0 Å². The molecule has 9 aromatic carbocycles. The first-order valence-electron chi connectivity index (χ1n) is 17.8. The minimum absolute atomic E-state index is 1.11. The fourth-order valence-corrected chi connectivity index (χ4v) is 7.84. The Hall–Kier alpha value is -6.90. The topological polar surface area (TPSA) is 8.17 Å². The Labute approximate surface area is 303 Å². The third-order valence-electron chi connectivity index (χ3n) is 10.4. The van der Waals surface area contributed by atoms with Crippen LogP contribution in [0, 0.1) is 0 Å². The van der Waals surface area contributed by atoms with Gasteiger partial charge in [-0.1, -0.05) is 146 Å². The van der Waals surface area contributed by atoms with Gasteiger partial charge in [0.25, 0.3) is 0 Å². The van der Waals surface area contributed by atoms with Crippen molar-refractivity contribution in [1.29, 1.82) is 0 Å².